The van der Waals surface area contributed by atoms with Gasteiger partial charge in [0, 0.05) is 38.3 Å². The maximum atomic E-state index is 5.99. The molecule has 0 radical (unpaired) electrons. The van der Waals surface area contributed by atoms with Gasteiger partial charge in [-0.2, -0.15) is 0 Å². The fourth-order valence-electron chi connectivity index (χ4n) is 4.31. The molecule has 2 N–H and O–H groups in total. The van der Waals surface area contributed by atoms with Crippen molar-refractivity contribution >= 4 is 62.1 Å². The topological polar surface area (TPSA) is 56.3 Å². The van der Waals surface area contributed by atoms with Gasteiger partial charge in [-0.3, -0.25) is 0 Å². The largest absolute Gasteiger partial charge is 0.366 e. The third-order valence-corrected chi connectivity index (χ3v) is 7.29. The third kappa shape index (κ3) is 3.27. The highest BCUT2D eigenvalue weighted by Gasteiger charge is 2.32. The smallest absolute Gasteiger partial charge is 0.151 e. The summed E-state index contributed by atoms with van der Waals surface area (Å²) in [5, 5.41) is 7.95. The Hall–Kier alpha value is -1.44. The summed E-state index contributed by atoms with van der Waals surface area (Å²) in [5.41, 5.74) is 3.42. The lowest BCUT2D eigenvalue weighted by Gasteiger charge is -2.28. The molecule has 4 aliphatic rings. The molecule has 2 fully saturated rings. The summed E-state index contributed by atoms with van der Waals surface area (Å²) < 4.78 is 0.866. The van der Waals surface area contributed by atoms with Gasteiger partial charge in [-0.05, 0) is 53.4 Å². The van der Waals surface area contributed by atoms with Crippen LogP contribution >= 0.6 is 39.1 Å². The number of fused-ring (bicyclic) bond motifs is 8. The van der Waals surface area contributed by atoms with Crippen molar-refractivity contribution in [3.05, 3.63) is 32.5 Å². The molecule has 2 saturated heterocycles. The molecule has 0 amide bonds. The Kier molecular flexibility index (Phi) is 4.72. The maximum Gasteiger partial charge on any atom is 0.151 e. The number of anilines is 4. The second kappa shape index (κ2) is 7.11. The number of hydrogen-bond donors (Lipinski definition) is 2. The van der Waals surface area contributed by atoms with Gasteiger partial charge in [0.2, 0.25) is 0 Å². The van der Waals surface area contributed by atoms with Crippen molar-refractivity contribution < 1.29 is 0 Å². The van der Waals surface area contributed by atoms with Gasteiger partial charge in [0.25, 0.3) is 0 Å². The summed E-state index contributed by atoms with van der Waals surface area (Å²) in [4.78, 5) is 13.4. The van der Waals surface area contributed by atoms with Crippen molar-refractivity contribution in [1.82, 2.24) is 9.97 Å². The van der Waals surface area contributed by atoms with E-state index in [-0.39, 0.29) is 0 Å². The van der Waals surface area contributed by atoms with Crippen LogP contribution in [-0.2, 0) is 0 Å². The van der Waals surface area contributed by atoms with Crippen molar-refractivity contribution in [2.24, 2.45) is 0 Å². The van der Waals surface area contributed by atoms with E-state index in [9.17, 15) is 0 Å². The standard InChI is InChI=1S/C10H12ClN3.C9H9BrClN3/c1-6-4-8-10(13-9(6)11)12-7-2-3-14(8)5-7;10-6-3-7-9(13-8(6)11)12-5-1-2-14(7)4-5/h4,7H,2-3,5H2,1H3,(H,12,13);3,5H,1-2,4H2,(H,12,13)/t7-;5-/m00/s1. The average molecular weight is 484 g/mol. The molecule has 2 aromatic rings. The average Bonchev–Trinajstić information content (AvgIpc) is 3.24. The Morgan fingerprint density at radius 3 is 2.07 bits per heavy atom. The van der Waals surface area contributed by atoms with E-state index >= 15 is 0 Å². The minimum atomic E-state index is 0.527. The quantitative estimate of drug-likeness (QED) is 0.536. The van der Waals surface area contributed by atoms with Crippen molar-refractivity contribution in [3.8, 4) is 0 Å². The van der Waals surface area contributed by atoms with Gasteiger partial charge >= 0.3 is 0 Å². The highest BCUT2D eigenvalue weighted by molar-refractivity contribution is 9.10. The monoisotopic (exact) mass is 482 g/mol. The summed E-state index contributed by atoms with van der Waals surface area (Å²) in [6.07, 6.45) is 2.39. The Morgan fingerprint density at radius 2 is 1.46 bits per heavy atom. The van der Waals surface area contributed by atoms with Crippen molar-refractivity contribution in [3.63, 3.8) is 0 Å². The minimum Gasteiger partial charge on any atom is -0.366 e. The fraction of sp³-hybridized carbons (Fsp3) is 0.474. The van der Waals surface area contributed by atoms with E-state index < -0.39 is 0 Å². The van der Waals surface area contributed by atoms with Crippen LogP contribution in [0, 0.1) is 6.92 Å². The van der Waals surface area contributed by atoms with E-state index in [4.69, 9.17) is 23.2 Å². The van der Waals surface area contributed by atoms with E-state index in [0.717, 1.165) is 53.5 Å². The molecule has 0 aromatic carbocycles. The van der Waals surface area contributed by atoms with Crippen LogP contribution in [-0.4, -0.2) is 48.2 Å². The SMILES string of the molecule is Cc1cc2c(nc1Cl)N[C@H]1CCN2C1.Clc1nc2c(cc1Br)N1CC[C@@H](C1)N2. The first-order valence-electron chi connectivity index (χ1n) is 9.54. The van der Waals surface area contributed by atoms with Crippen LogP contribution in [0.5, 0.6) is 0 Å². The second-order valence-corrected chi connectivity index (χ2v) is 9.31. The van der Waals surface area contributed by atoms with E-state index in [1.165, 1.54) is 18.5 Å². The van der Waals surface area contributed by atoms with Crippen molar-refractivity contribution in [1.29, 1.82) is 0 Å². The molecule has 6 heterocycles. The molecule has 0 aliphatic carbocycles. The summed E-state index contributed by atoms with van der Waals surface area (Å²) >= 11 is 15.3. The fourth-order valence-corrected chi connectivity index (χ4v) is 4.89. The first kappa shape index (κ1) is 18.6. The third-order valence-electron chi connectivity index (χ3n) is 5.78. The van der Waals surface area contributed by atoms with Gasteiger partial charge < -0.3 is 20.4 Å². The van der Waals surface area contributed by atoms with E-state index in [0.29, 0.717) is 22.4 Å². The molecule has 2 aromatic heterocycles. The number of nitrogens with one attached hydrogen (secondary N) is 2. The lowest BCUT2D eigenvalue weighted by molar-refractivity contribution is 0.787. The van der Waals surface area contributed by atoms with Crippen LogP contribution in [0.4, 0.5) is 23.0 Å². The van der Waals surface area contributed by atoms with Gasteiger partial charge in [-0.1, -0.05) is 23.2 Å². The van der Waals surface area contributed by atoms with Crippen LogP contribution in [0.15, 0.2) is 16.6 Å². The van der Waals surface area contributed by atoms with Gasteiger partial charge in [-0.25, -0.2) is 9.97 Å². The normalized spacial score (nSPS) is 23.3. The summed E-state index contributed by atoms with van der Waals surface area (Å²) in [6, 6.07) is 5.28. The molecule has 28 heavy (non-hydrogen) atoms. The molecule has 148 valence electrons. The van der Waals surface area contributed by atoms with Gasteiger partial charge in [0.1, 0.15) is 10.3 Å². The van der Waals surface area contributed by atoms with Crippen molar-refractivity contribution in [2.45, 2.75) is 31.8 Å². The summed E-state index contributed by atoms with van der Waals surface area (Å²) in [6.45, 7) is 6.43. The van der Waals surface area contributed by atoms with Crippen LogP contribution in [0.3, 0.4) is 0 Å². The Balaban J connectivity index is 0.000000122. The van der Waals surface area contributed by atoms with Crippen LogP contribution < -0.4 is 20.4 Å². The molecular weight excluding hydrogens is 463 g/mol. The lowest BCUT2D eigenvalue weighted by atomic mass is 10.2. The molecule has 0 spiro atoms. The number of aryl methyl sites for hydroxylation is 1. The molecule has 4 bridgehead atoms. The number of hydrogen-bond acceptors (Lipinski definition) is 6. The summed E-state index contributed by atoms with van der Waals surface area (Å²) in [7, 11) is 0. The number of aromatic nitrogens is 2. The number of rotatable bonds is 0. The minimum absolute atomic E-state index is 0.527. The Morgan fingerprint density at radius 1 is 0.929 bits per heavy atom. The van der Waals surface area contributed by atoms with Gasteiger partial charge in [-0.15, -0.1) is 0 Å². The van der Waals surface area contributed by atoms with Crippen LogP contribution in [0.2, 0.25) is 10.3 Å². The Labute approximate surface area is 182 Å². The zero-order valence-corrected chi connectivity index (χ0v) is 18.6. The molecule has 2 atom stereocenters. The van der Waals surface area contributed by atoms with E-state index in [1.807, 2.05) is 13.0 Å². The second-order valence-electron chi connectivity index (χ2n) is 7.74. The highest BCUT2D eigenvalue weighted by Crippen LogP contribution is 2.38. The first-order valence-corrected chi connectivity index (χ1v) is 11.1. The molecule has 6 rings (SSSR count). The lowest BCUT2D eigenvalue weighted by Crippen LogP contribution is -2.32. The first-order chi connectivity index (χ1) is 13.5. The predicted molar refractivity (Wildman–Crippen MR) is 119 cm³/mol. The van der Waals surface area contributed by atoms with Crippen LogP contribution in [0.1, 0.15) is 18.4 Å². The van der Waals surface area contributed by atoms with Crippen molar-refractivity contribution in [2.75, 3.05) is 46.6 Å². The Bertz CT molecular complexity index is 864. The van der Waals surface area contributed by atoms with Crippen LogP contribution in [0.25, 0.3) is 0 Å². The number of pyridine rings is 2. The van der Waals surface area contributed by atoms with Gasteiger partial charge in [0.15, 0.2) is 11.6 Å². The zero-order chi connectivity index (χ0) is 19.4. The highest BCUT2D eigenvalue weighted by atomic mass is 79.9. The van der Waals surface area contributed by atoms with E-state index in [1.54, 1.807) is 0 Å². The predicted octanol–water partition coefficient (Wildman–Crippen LogP) is 4.55. The molecule has 9 heteroatoms. The molecule has 6 nitrogen and oxygen atoms in total. The maximum absolute atomic E-state index is 5.99. The molecular formula is C19H21BrCl2N6. The zero-order valence-electron chi connectivity index (χ0n) is 15.5. The molecule has 4 aliphatic heterocycles. The summed E-state index contributed by atoms with van der Waals surface area (Å²) in [5.74, 6) is 1.88. The number of halogens is 3. The van der Waals surface area contributed by atoms with Gasteiger partial charge in [0.05, 0.1) is 15.8 Å². The molecule has 0 saturated carbocycles. The molecule has 0 unspecified atom stereocenters. The van der Waals surface area contributed by atoms with E-state index in [2.05, 4.69) is 52.4 Å². The number of nitrogens with zero attached hydrogens (tertiary/aromatic N) is 4.